The molecule has 2 N–H and O–H groups in total. The van der Waals surface area contributed by atoms with Crippen molar-refractivity contribution in [3.8, 4) is 5.75 Å². The van der Waals surface area contributed by atoms with E-state index in [2.05, 4.69) is 10.6 Å². The Hall–Kier alpha value is -2.82. The van der Waals surface area contributed by atoms with Crippen molar-refractivity contribution in [1.82, 2.24) is 5.32 Å². The third-order valence-corrected chi connectivity index (χ3v) is 3.22. The highest BCUT2D eigenvalue weighted by Gasteiger charge is 2.09. The van der Waals surface area contributed by atoms with E-state index < -0.39 is 0 Å². The molecule has 1 atom stereocenters. The second-order valence-corrected chi connectivity index (χ2v) is 5.19. The fraction of sp³-hybridized carbons (Fsp3) is 0.222. The molecule has 0 aliphatic rings. The van der Waals surface area contributed by atoms with E-state index in [4.69, 9.17) is 4.74 Å². The molecule has 0 saturated carbocycles. The van der Waals surface area contributed by atoms with Crippen LogP contribution in [0.4, 0.5) is 5.69 Å². The van der Waals surface area contributed by atoms with Crippen LogP contribution in [-0.4, -0.2) is 18.4 Å². The normalized spacial score (nSPS) is 11.4. The summed E-state index contributed by atoms with van der Waals surface area (Å²) in [4.78, 5) is 22.9. The fourth-order valence-corrected chi connectivity index (χ4v) is 2.09. The molecule has 2 aromatic carbocycles. The molecule has 0 fully saturated rings. The van der Waals surface area contributed by atoms with Crippen LogP contribution >= 0.6 is 0 Å². The van der Waals surface area contributed by atoms with Gasteiger partial charge in [-0.1, -0.05) is 30.3 Å². The van der Waals surface area contributed by atoms with E-state index in [1.54, 1.807) is 24.3 Å². The van der Waals surface area contributed by atoms with Crippen LogP contribution in [-0.2, 0) is 9.59 Å². The van der Waals surface area contributed by atoms with Crippen molar-refractivity contribution < 1.29 is 14.3 Å². The van der Waals surface area contributed by atoms with Crippen molar-refractivity contribution >= 4 is 17.5 Å². The summed E-state index contributed by atoms with van der Waals surface area (Å²) in [5.74, 6) is 0.252. The minimum Gasteiger partial charge on any atom is -0.484 e. The zero-order chi connectivity index (χ0) is 16.7. The van der Waals surface area contributed by atoms with E-state index in [1.807, 2.05) is 37.3 Å². The number of benzene rings is 2. The van der Waals surface area contributed by atoms with Crippen LogP contribution in [0.3, 0.4) is 0 Å². The first-order valence-corrected chi connectivity index (χ1v) is 7.39. The summed E-state index contributed by atoms with van der Waals surface area (Å²) in [5.41, 5.74) is 1.73. The second kappa shape index (κ2) is 7.98. The lowest BCUT2D eigenvalue weighted by Crippen LogP contribution is -2.31. The second-order valence-electron chi connectivity index (χ2n) is 5.19. The van der Waals surface area contributed by atoms with E-state index in [1.165, 1.54) is 6.92 Å². The highest BCUT2D eigenvalue weighted by atomic mass is 16.5. The molecule has 23 heavy (non-hydrogen) atoms. The van der Waals surface area contributed by atoms with Crippen LogP contribution in [0.2, 0.25) is 0 Å². The predicted molar refractivity (Wildman–Crippen MR) is 89.2 cm³/mol. The zero-order valence-electron chi connectivity index (χ0n) is 13.2. The van der Waals surface area contributed by atoms with Gasteiger partial charge in [0, 0.05) is 12.6 Å². The summed E-state index contributed by atoms with van der Waals surface area (Å²) in [5, 5.41) is 5.55. The molecule has 2 amide bonds. The van der Waals surface area contributed by atoms with Crippen LogP contribution in [0, 0.1) is 0 Å². The summed E-state index contributed by atoms with van der Waals surface area (Å²) in [6, 6.07) is 16.5. The highest BCUT2D eigenvalue weighted by molar-refractivity contribution is 5.88. The predicted octanol–water partition coefficient (Wildman–Crippen LogP) is 2.90. The van der Waals surface area contributed by atoms with E-state index in [0.29, 0.717) is 11.4 Å². The molecule has 2 rings (SSSR count). The number of rotatable bonds is 6. The quantitative estimate of drug-likeness (QED) is 0.862. The van der Waals surface area contributed by atoms with Gasteiger partial charge in [0.15, 0.2) is 6.61 Å². The molecule has 0 aliphatic carbocycles. The monoisotopic (exact) mass is 312 g/mol. The maximum Gasteiger partial charge on any atom is 0.258 e. The molecule has 0 bridgehead atoms. The molecule has 0 radical (unpaired) electrons. The summed E-state index contributed by atoms with van der Waals surface area (Å²) in [6.45, 7) is 3.31. The van der Waals surface area contributed by atoms with Crippen molar-refractivity contribution in [2.75, 3.05) is 11.9 Å². The fourth-order valence-electron chi connectivity index (χ4n) is 2.09. The van der Waals surface area contributed by atoms with Gasteiger partial charge in [-0.15, -0.1) is 0 Å². The van der Waals surface area contributed by atoms with Gasteiger partial charge < -0.3 is 15.4 Å². The summed E-state index contributed by atoms with van der Waals surface area (Å²) < 4.78 is 5.44. The Morgan fingerprint density at radius 3 is 2.30 bits per heavy atom. The number of anilines is 1. The Kier molecular flexibility index (Phi) is 5.74. The van der Waals surface area contributed by atoms with Crippen molar-refractivity contribution in [1.29, 1.82) is 0 Å². The van der Waals surface area contributed by atoms with Crippen molar-refractivity contribution in [2.24, 2.45) is 0 Å². The number of carbonyl (C=O) groups excluding carboxylic acids is 2. The van der Waals surface area contributed by atoms with Gasteiger partial charge in [-0.25, -0.2) is 0 Å². The molecule has 5 heteroatoms. The number of amides is 2. The van der Waals surface area contributed by atoms with Crippen LogP contribution in [0.5, 0.6) is 5.75 Å². The van der Waals surface area contributed by atoms with Crippen LogP contribution in [0.15, 0.2) is 54.6 Å². The largest absolute Gasteiger partial charge is 0.484 e. The lowest BCUT2D eigenvalue weighted by Gasteiger charge is -2.14. The lowest BCUT2D eigenvalue weighted by molar-refractivity contribution is -0.123. The molecular weight excluding hydrogens is 292 g/mol. The van der Waals surface area contributed by atoms with Gasteiger partial charge in [0.05, 0.1) is 6.04 Å². The Labute approximate surface area is 135 Å². The van der Waals surface area contributed by atoms with E-state index >= 15 is 0 Å². The Balaban J connectivity index is 1.81. The maximum absolute atomic E-state index is 11.9. The molecule has 0 aromatic heterocycles. The first-order valence-electron chi connectivity index (χ1n) is 7.39. The summed E-state index contributed by atoms with van der Waals surface area (Å²) >= 11 is 0. The van der Waals surface area contributed by atoms with Gasteiger partial charge in [-0.3, -0.25) is 9.59 Å². The van der Waals surface area contributed by atoms with Crippen LogP contribution < -0.4 is 15.4 Å². The molecular formula is C18H20N2O3. The maximum atomic E-state index is 11.9. The average Bonchev–Trinajstić information content (AvgIpc) is 2.54. The molecule has 0 spiro atoms. The molecule has 0 heterocycles. The lowest BCUT2D eigenvalue weighted by atomic mass is 10.1. The number of ether oxygens (including phenoxy) is 1. The van der Waals surface area contributed by atoms with Crippen molar-refractivity contribution in [3.63, 3.8) is 0 Å². The topological polar surface area (TPSA) is 67.4 Å². The van der Waals surface area contributed by atoms with Gasteiger partial charge in [-0.2, -0.15) is 0 Å². The smallest absolute Gasteiger partial charge is 0.258 e. The van der Waals surface area contributed by atoms with Gasteiger partial charge in [0.2, 0.25) is 5.91 Å². The third-order valence-electron chi connectivity index (χ3n) is 3.22. The number of nitrogens with one attached hydrogen (secondary N) is 2. The molecule has 5 nitrogen and oxygen atoms in total. The van der Waals surface area contributed by atoms with Crippen molar-refractivity contribution in [2.45, 2.75) is 19.9 Å². The Morgan fingerprint density at radius 2 is 1.70 bits per heavy atom. The Bertz CT molecular complexity index is 654. The van der Waals surface area contributed by atoms with Crippen LogP contribution in [0.1, 0.15) is 25.5 Å². The van der Waals surface area contributed by atoms with Gasteiger partial charge >= 0.3 is 0 Å². The van der Waals surface area contributed by atoms with Gasteiger partial charge in [0.1, 0.15) is 5.75 Å². The van der Waals surface area contributed by atoms with Crippen molar-refractivity contribution in [3.05, 3.63) is 60.2 Å². The summed E-state index contributed by atoms with van der Waals surface area (Å²) in [6.07, 6.45) is 0. The van der Waals surface area contributed by atoms with Gasteiger partial charge in [-0.05, 0) is 36.8 Å². The molecule has 2 aromatic rings. The van der Waals surface area contributed by atoms with E-state index in [0.717, 1.165) is 5.56 Å². The number of hydrogen-bond acceptors (Lipinski definition) is 3. The first-order chi connectivity index (χ1) is 11.0. The minimum atomic E-state index is -0.188. The van der Waals surface area contributed by atoms with E-state index in [9.17, 15) is 9.59 Å². The van der Waals surface area contributed by atoms with Gasteiger partial charge in [0.25, 0.3) is 5.91 Å². The minimum absolute atomic E-state index is 0.0589. The highest BCUT2D eigenvalue weighted by Crippen LogP contribution is 2.16. The number of hydrogen-bond donors (Lipinski definition) is 2. The Morgan fingerprint density at radius 1 is 1.04 bits per heavy atom. The first kappa shape index (κ1) is 16.5. The molecule has 0 unspecified atom stereocenters. The molecule has 0 aliphatic heterocycles. The zero-order valence-corrected chi connectivity index (χ0v) is 13.2. The third kappa shape index (κ3) is 5.47. The molecule has 0 saturated heterocycles. The average molecular weight is 312 g/mol. The van der Waals surface area contributed by atoms with Crippen LogP contribution in [0.25, 0.3) is 0 Å². The summed E-state index contributed by atoms with van der Waals surface area (Å²) in [7, 11) is 0. The molecule has 120 valence electrons. The van der Waals surface area contributed by atoms with E-state index in [-0.39, 0.29) is 24.5 Å². The standard InChI is InChI=1S/C18H20N2O3/c1-13(15-6-4-3-5-7-15)19-18(22)12-23-17-10-8-16(9-11-17)20-14(2)21/h3-11,13H,12H2,1-2H3,(H,19,22)(H,20,21)/t13-/m0/s1. The SMILES string of the molecule is CC(=O)Nc1ccc(OCC(=O)N[C@@H](C)c2ccccc2)cc1. The number of carbonyl (C=O) groups is 2.